The summed E-state index contributed by atoms with van der Waals surface area (Å²) >= 11 is 6.50. The van der Waals surface area contributed by atoms with Crippen molar-refractivity contribution in [3.63, 3.8) is 0 Å². The highest BCUT2D eigenvalue weighted by Gasteiger charge is 2.17. The zero-order valence-corrected chi connectivity index (χ0v) is 19.1. The van der Waals surface area contributed by atoms with Crippen LogP contribution in [0, 0.1) is 12.7 Å². The van der Waals surface area contributed by atoms with Crippen LogP contribution in [0.15, 0.2) is 67.3 Å². The van der Waals surface area contributed by atoms with Gasteiger partial charge in [-0.05, 0) is 61.9 Å². The van der Waals surface area contributed by atoms with Gasteiger partial charge < -0.3 is 4.90 Å². The summed E-state index contributed by atoms with van der Waals surface area (Å²) in [7, 11) is 1.75. The molecule has 1 unspecified atom stereocenters. The molecule has 0 saturated heterocycles. The van der Waals surface area contributed by atoms with Crippen LogP contribution in [-0.4, -0.2) is 42.4 Å². The number of carbonyl (C=O) groups excluding carboxylic acids is 1. The first-order valence-corrected chi connectivity index (χ1v) is 10.6. The second-order valence-electron chi connectivity index (χ2n) is 7.57. The van der Waals surface area contributed by atoms with Crippen molar-refractivity contribution in [3.8, 4) is 11.4 Å². The lowest BCUT2D eigenvalue weighted by atomic mass is 10.1. The molecule has 0 saturated carbocycles. The van der Waals surface area contributed by atoms with Gasteiger partial charge in [0.1, 0.15) is 23.6 Å². The maximum atomic E-state index is 13.2. The van der Waals surface area contributed by atoms with Gasteiger partial charge in [-0.2, -0.15) is 10.2 Å². The molecule has 0 radical (unpaired) electrons. The molecule has 0 fully saturated rings. The number of benzene rings is 2. The number of aromatic nitrogens is 5. The summed E-state index contributed by atoms with van der Waals surface area (Å²) < 4.78 is 16.4. The van der Waals surface area contributed by atoms with Crippen molar-refractivity contribution in [2.24, 2.45) is 0 Å². The molecule has 0 bridgehead atoms. The van der Waals surface area contributed by atoms with E-state index in [4.69, 9.17) is 11.6 Å². The Kier molecular flexibility index (Phi) is 6.37. The van der Waals surface area contributed by atoms with Crippen molar-refractivity contribution in [2.75, 3.05) is 7.05 Å². The highest BCUT2D eigenvalue weighted by molar-refractivity contribution is 6.31. The molecule has 1 amide bonds. The molecule has 33 heavy (non-hydrogen) atoms. The van der Waals surface area contributed by atoms with E-state index < -0.39 is 0 Å². The van der Waals surface area contributed by atoms with E-state index in [-0.39, 0.29) is 17.8 Å². The number of amides is 1. The van der Waals surface area contributed by atoms with Crippen LogP contribution in [0.25, 0.3) is 17.5 Å². The van der Waals surface area contributed by atoms with Gasteiger partial charge in [-0.25, -0.2) is 18.7 Å². The predicted molar refractivity (Wildman–Crippen MR) is 125 cm³/mol. The Morgan fingerprint density at radius 3 is 2.42 bits per heavy atom. The van der Waals surface area contributed by atoms with E-state index in [1.165, 1.54) is 29.2 Å². The summed E-state index contributed by atoms with van der Waals surface area (Å²) in [6.45, 7) is 3.76. The summed E-state index contributed by atoms with van der Waals surface area (Å²) in [5, 5.41) is 8.88. The average Bonchev–Trinajstić information content (AvgIpc) is 3.46. The summed E-state index contributed by atoms with van der Waals surface area (Å²) in [6, 6.07) is 13.5. The number of nitrogens with zero attached hydrogens (tertiary/aromatic N) is 6. The van der Waals surface area contributed by atoms with Crippen molar-refractivity contribution in [3.05, 3.63) is 95.1 Å². The van der Waals surface area contributed by atoms with Gasteiger partial charge in [0.25, 0.3) is 0 Å². The molecule has 168 valence electrons. The smallest absolute Gasteiger partial charge is 0.246 e. The number of hydrogen-bond donors (Lipinski definition) is 0. The minimum Gasteiger partial charge on any atom is -0.335 e. The fourth-order valence-electron chi connectivity index (χ4n) is 3.39. The van der Waals surface area contributed by atoms with Gasteiger partial charge in [0.05, 0.1) is 23.1 Å². The second kappa shape index (κ2) is 9.38. The van der Waals surface area contributed by atoms with Crippen LogP contribution < -0.4 is 0 Å². The first-order valence-electron chi connectivity index (χ1n) is 10.3. The maximum Gasteiger partial charge on any atom is 0.246 e. The van der Waals surface area contributed by atoms with E-state index in [1.807, 2.05) is 31.2 Å². The third-order valence-corrected chi connectivity index (χ3v) is 5.86. The molecule has 1 atom stereocenters. The van der Waals surface area contributed by atoms with Crippen LogP contribution in [-0.2, 0) is 4.79 Å². The SMILES string of the molecule is Cc1nn(-c2ccc(F)cc2)c(Cl)c1/C=C/C(=O)N(C)C(C)c1ccc(-n2cncn2)cc1. The number of hydrogen-bond acceptors (Lipinski definition) is 4. The molecule has 0 spiro atoms. The van der Waals surface area contributed by atoms with E-state index in [0.717, 1.165) is 11.3 Å². The topological polar surface area (TPSA) is 68.8 Å². The first-order chi connectivity index (χ1) is 15.8. The second-order valence-corrected chi connectivity index (χ2v) is 7.93. The van der Waals surface area contributed by atoms with Gasteiger partial charge in [0.2, 0.25) is 5.91 Å². The summed E-state index contributed by atoms with van der Waals surface area (Å²) in [5.74, 6) is -0.512. The summed E-state index contributed by atoms with van der Waals surface area (Å²) in [4.78, 5) is 18.4. The molecular formula is C24H22ClFN6O. The van der Waals surface area contributed by atoms with Crippen molar-refractivity contribution in [2.45, 2.75) is 19.9 Å². The predicted octanol–water partition coefficient (Wildman–Crippen LogP) is 4.79. The van der Waals surface area contributed by atoms with Crippen molar-refractivity contribution < 1.29 is 9.18 Å². The van der Waals surface area contributed by atoms with Crippen LogP contribution in [0.4, 0.5) is 4.39 Å². The van der Waals surface area contributed by atoms with E-state index in [1.54, 1.807) is 48.1 Å². The lowest BCUT2D eigenvalue weighted by Gasteiger charge is -2.24. The molecule has 2 heterocycles. The van der Waals surface area contributed by atoms with Crippen LogP contribution in [0.1, 0.15) is 29.8 Å². The number of aryl methyl sites for hydroxylation is 1. The Labute approximate surface area is 195 Å². The lowest BCUT2D eigenvalue weighted by Crippen LogP contribution is -2.28. The monoisotopic (exact) mass is 464 g/mol. The lowest BCUT2D eigenvalue weighted by molar-refractivity contribution is -0.126. The third kappa shape index (κ3) is 4.70. The molecule has 0 aliphatic carbocycles. The largest absolute Gasteiger partial charge is 0.335 e. The molecular weight excluding hydrogens is 443 g/mol. The Morgan fingerprint density at radius 2 is 1.79 bits per heavy atom. The van der Waals surface area contributed by atoms with Crippen molar-refractivity contribution >= 4 is 23.6 Å². The molecule has 0 aliphatic rings. The van der Waals surface area contributed by atoms with E-state index in [0.29, 0.717) is 22.1 Å². The Balaban J connectivity index is 1.48. The van der Waals surface area contributed by atoms with Gasteiger partial charge >= 0.3 is 0 Å². The molecule has 4 aromatic rings. The minimum absolute atomic E-state index is 0.148. The standard InChI is InChI=1S/C24H22ClFN6O/c1-16-22(24(25)32(29-16)21-10-6-19(26)7-11-21)12-13-23(33)30(3)17(2)18-4-8-20(9-5-18)31-15-27-14-28-31/h4-15,17H,1-3H3/b13-12+. The van der Waals surface area contributed by atoms with Crippen LogP contribution >= 0.6 is 11.6 Å². The van der Waals surface area contributed by atoms with Gasteiger partial charge in [-0.3, -0.25) is 4.79 Å². The average molecular weight is 465 g/mol. The molecule has 0 N–H and O–H groups in total. The molecule has 7 nitrogen and oxygen atoms in total. The molecule has 2 aromatic carbocycles. The highest BCUT2D eigenvalue weighted by Crippen LogP contribution is 2.26. The van der Waals surface area contributed by atoms with E-state index in [9.17, 15) is 9.18 Å². The molecule has 4 rings (SSSR count). The van der Waals surface area contributed by atoms with Gasteiger partial charge in [-0.15, -0.1) is 0 Å². The zero-order chi connectivity index (χ0) is 23.5. The highest BCUT2D eigenvalue weighted by atomic mass is 35.5. The first kappa shape index (κ1) is 22.4. The normalized spacial score (nSPS) is 12.3. The van der Waals surface area contributed by atoms with Gasteiger partial charge in [-0.1, -0.05) is 23.7 Å². The number of likely N-dealkylation sites (N-methyl/N-ethyl adjacent to an activating group) is 1. The Hall–Kier alpha value is -3.78. The van der Waals surface area contributed by atoms with Crippen LogP contribution in [0.2, 0.25) is 5.15 Å². The number of halogens is 2. The summed E-state index contributed by atoms with van der Waals surface area (Å²) in [6.07, 6.45) is 6.24. The fraction of sp³-hybridized carbons (Fsp3) is 0.167. The van der Waals surface area contributed by atoms with E-state index >= 15 is 0 Å². The van der Waals surface area contributed by atoms with Gasteiger partial charge in [0, 0.05) is 18.7 Å². The quantitative estimate of drug-likeness (QED) is 0.385. The Morgan fingerprint density at radius 1 is 1.12 bits per heavy atom. The third-order valence-electron chi connectivity index (χ3n) is 5.50. The van der Waals surface area contributed by atoms with Crippen LogP contribution in [0.3, 0.4) is 0 Å². The number of carbonyl (C=O) groups is 1. The van der Waals surface area contributed by atoms with Gasteiger partial charge in [0.15, 0.2) is 0 Å². The van der Waals surface area contributed by atoms with Crippen molar-refractivity contribution in [1.82, 2.24) is 29.4 Å². The van der Waals surface area contributed by atoms with Crippen LogP contribution in [0.5, 0.6) is 0 Å². The minimum atomic E-state index is -0.338. The zero-order valence-electron chi connectivity index (χ0n) is 18.4. The Bertz CT molecular complexity index is 1280. The molecule has 2 aromatic heterocycles. The molecule has 0 aliphatic heterocycles. The maximum absolute atomic E-state index is 13.2. The number of rotatable bonds is 6. The summed E-state index contributed by atoms with van der Waals surface area (Å²) in [5.41, 5.74) is 3.80. The fourth-order valence-corrected chi connectivity index (χ4v) is 3.72. The molecule has 9 heteroatoms. The van der Waals surface area contributed by atoms with Crippen molar-refractivity contribution in [1.29, 1.82) is 0 Å². The van der Waals surface area contributed by atoms with E-state index in [2.05, 4.69) is 15.2 Å².